The lowest BCUT2D eigenvalue weighted by molar-refractivity contribution is -0.150. The van der Waals surface area contributed by atoms with Gasteiger partial charge in [-0.1, -0.05) is 17.7 Å². The second kappa shape index (κ2) is 5.26. The van der Waals surface area contributed by atoms with Gasteiger partial charge < -0.3 is 10.4 Å². The molecule has 0 fully saturated rings. The first-order valence-electron chi connectivity index (χ1n) is 4.58. The molecule has 0 spiro atoms. The molecule has 0 heterocycles. The minimum Gasteiger partial charge on any atom is -0.474 e. The highest BCUT2D eigenvalue weighted by Gasteiger charge is 2.33. The molecule has 0 unspecified atom stereocenters. The number of alkyl halides is 3. The third-order valence-corrected chi connectivity index (χ3v) is 2.25. The molecular formula is C10H7ClF3NO3. The molecule has 0 aliphatic rings. The second-order valence-electron chi connectivity index (χ2n) is 3.29. The van der Waals surface area contributed by atoms with Crippen molar-refractivity contribution in [1.29, 1.82) is 0 Å². The fraction of sp³-hybridized carbons (Fsp3) is 0.200. The van der Waals surface area contributed by atoms with E-state index in [-0.39, 0.29) is 10.6 Å². The summed E-state index contributed by atoms with van der Waals surface area (Å²) in [6.45, 7) is -0.544. The Morgan fingerprint density at radius 2 is 1.94 bits per heavy atom. The Labute approximate surface area is 104 Å². The Morgan fingerprint density at radius 1 is 1.33 bits per heavy atom. The highest BCUT2D eigenvalue weighted by Crippen LogP contribution is 2.33. The normalized spacial score (nSPS) is 11.1. The second-order valence-corrected chi connectivity index (χ2v) is 3.72. The van der Waals surface area contributed by atoms with Gasteiger partial charge in [-0.2, -0.15) is 13.2 Å². The molecule has 0 atom stereocenters. The zero-order valence-corrected chi connectivity index (χ0v) is 9.47. The van der Waals surface area contributed by atoms with Crippen LogP contribution in [0.3, 0.4) is 0 Å². The molecule has 1 aromatic rings. The number of carboxylic acid groups (broad SMARTS) is 1. The molecule has 18 heavy (non-hydrogen) atoms. The van der Waals surface area contributed by atoms with Crippen molar-refractivity contribution in [1.82, 2.24) is 5.32 Å². The van der Waals surface area contributed by atoms with Crippen LogP contribution >= 0.6 is 11.6 Å². The lowest BCUT2D eigenvalue weighted by Crippen LogP contribution is -2.30. The minimum atomic E-state index is -4.63. The van der Waals surface area contributed by atoms with Crippen LogP contribution in [0, 0.1) is 0 Å². The van der Waals surface area contributed by atoms with Crippen LogP contribution in [-0.2, 0) is 22.3 Å². The van der Waals surface area contributed by atoms with Gasteiger partial charge in [-0.3, -0.25) is 4.79 Å². The van der Waals surface area contributed by atoms with Gasteiger partial charge in [0.2, 0.25) is 0 Å². The van der Waals surface area contributed by atoms with Crippen LogP contribution in [0.25, 0.3) is 0 Å². The number of amides is 1. The van der Waals surface area contributed by atoms with Gasteiger partial charge in [-0.25, -0.2) is 4.79 Å². The van der Waals surface area contributed by atoms with Crippen LogP contribution in [0.1, 0.15) is 11.1 Å². The number of halogens is 4. The molecular weight excluding hydrogens is 275 g/mol. The summed E-state index contributed by atoms with van der Waals surface area (Å²) in [5.41, 5.74) is -1.28. The van der Waals surface area contributed by atoms with Gasteiger partial charge in [0.15, 0.2) is 0 Å². The molecule has 2 N–H and O–H groups in total. The van der Waals surface area contributed by atoms with Crippen LogP contribution in [0.5, 0.6) is 0 Å². The van der Waals surface area contributed by atoms with Gasteiger partial charge in [-0.05, 0) is 17.7 Å². The number of hydrogen-bond donors (Lipinski definition) is 2. The summed E-state index contributed by atoms with van der Waals surface area (Å²) in [4.78, 5) is 20.9. The number of nitrogens with one attached hydrogen (secondary N) is 1. The predicted octanol–water partition coefficient (Wildman–Crippen LogP) is 2.06. The summed E-state index contributed by atoms with van der Waals surface area (Å²) in [6.07, 6.45) is -4.63. The number of hydrogen-bond acceptors (Lipinski definition) is 2. The van der Waals surface area contributed by atoms with Crippen LogP contribution < -0.4 is 5.32 Å². The van der Waals surface area contributed by atoms with E-state index in [1.165, 1.54) is 6.07 Å². The van der Waals surface area contributed by atoms with Crippen molar-refractivity contribution in [2.75, 3.05) is 0 Å². The summed E-state index contributed by atoms with van der Waals surface area (Å²) in [5.74, 6) is -3.14. The minimum absolute atomic E-state index is 0.101. The van der Waals surface area contributed by atoms with E-state index in [0.717, 1.165) is 6.07 Å². The van der Waals surface area contributed by atoms with E-state index in [1.54, 1.807) is 0 Å². The van der Waals surface area contributed by atoms with Crippen LogP contribution in [-0.4, -0.2) is 17.0 Å². The Morgan fingerprint density at radius 3 is 2.44 bits per heavy atom. The molecule has 0 saturated carbocycles. The maximum absolute atomic E-state index is 12.6. The average molecular weight is 282 g/mol. The first kappa shape index (κ1) is 14.3. The molecule has 8 heteroatoms. The summed E-state index contributed by atoms with van der Waals surface area (Å²) in [7, 11) is 0. The largest absolute Gasteiger partial charge is 0.474 e. The van der Waals surface area contributed by atoms with Crippen molar-refractivity contribution in [3.63, 3.8) is 0 Å². The van der Waals surface area contributed by atoms with E-state index in [0.29, 0.717) is 6.07 Å². The third kappa shape index (κ3) is 3.63. The first-order valence-corrected chi connectivity index (χ1v) is 4.96. The van der Waals surface area contributed by atoms with Crippen LogP contribution in [0.2, 0.25) is 5.02 Å². The number of aliphatic carboxylic acids is 1. The van der Waals surface area contributed by atoms with E-state index in [9.17, 15) is 22.8 Å². The maximum atomic E-state index is 12.6. The smallest absolute Gasteiger partial charge is 0.416 e. The maximum Gasteiger partial charge on any atom is 0.416 e. The number of benzene rings is 1. The standard InChI is InChI=1S/C10H7ClF3NO3/c11-6-2-1-5(4-15-8(16)9(17)18)7(3-6)10(12,13)14/h1-3H,4H2,(H,15,16)(H,17,18). The van der Waals surface area contributed by atoms with Crippen molar-refractivity contribution < 1.29 is 27.9 Å². The fourth-order valence-corrected chi connectivity index (χ4v) is 1.39. The number of rotatable bonds is 2. The Hall–Kier alpha value is -1.76. The molecule has 1 aromatic carbocycles. The molecule has 1 amide bonds. The van der Waals surface area contributed by atoms with Crippen molar-refractivity contribution in [2.45, 2.75) is 12.7 Å². The SMILES string of the molecule is O=C(O)C(=O)NCc1ccc(Cl)cc1C(F)(F)F. The molecule has 0 aliphatic carbocycles. The number of carbonyl (C=O) groups is 2. The molecule has 4 nitrogen and oxygen atoms in total. The van der Waals surface area contributed by atoms with Crippen LogP contribution in [0.4, 0.5) is 13.2 Å². The first-order chi connectivity index (χ1) is 8.21. The summed E-state index contributed by atoms with van der Waals surface area (Å²) >= 11 is 5.45. The zero-order valence-electron chi connectivity index (χ0n) is 8.71. The van der Waals surface area contributed by atoms with Crippen molar-refractivity contribution >= 4 is 23.5 Å². The topological polar surface area (TPSA) is 66.4 Å². The molecule has 0 aliphatic heterocycles. The van der Waals surface area contributed by atoms with Crippen molar-refractivity contribution in [3.8, 4) is 0 Å². The van der Waals surface area contributed by atoms with E-state index in [4.69, 9.17) is 16.7 Å². The van der Waals surface area contributed by atoms with Gasteiger partial charge in [0, 0.05) is 11.6 Å². The lowest BCUT2D eigenvalue weighted by atomic mass is 10.1. The lowest BCUT2D eigenvalue weighted by Gasteiger charge is -2.13. The third-order valence-electron chi connectivity index (χ3n) is 2.01. The Bertz CT molecular complexity index is 488. The monoisotopic (exact) mass is 281 g/mol. The summed E-state index contributed by atoms with van der Waals surface area (Å²) in [5, 5.41) is 10.0. The molecule has 0 saturated heterocycles. The predicted molar refractivity (Wildman–Crippen MR) is 55.9 cm³/mol. The number of carbonyl (C=O) groups excluding carboxylic acids is 1. The molecule has 1 rings (SSSR count). The van der Waals surface area contributed by atoms with Gasteiger partial charge in [0.25, 0.3) is 0 Å². The quantitative estimate of drug-likeness (QED) is 0.816. The van der Waals surface area contributed by atoms with Gasteiger partial charge in [0.05, 0.1) is 5.56 Å². The average Bonchev–Trinajstić information content (AvgIpc) is 2.25. The van der Waals surface area contributed by atoms with E-state index >= 15 is 0 Å². The van der Waals surface area contributed by atoms with Crippen LogP contribution in [0.15, 0.2) is 18.2 Å². The fourth-order valence-electron chi connectivity index (χ4n) is 1.22. The Kier molecular flexibility index (Phi) is 4.18. The Balaban J connectivity index is 2.96. The molecule has 0 bridgehead atoms. The molecule has 0 aromatic heterocycles. The van der Waals surface area contributed by atoms with E-state index in [1.807, 2.05) is 5.32 Å². The molecule has 98 valence electrons. The zero-order chi connectivity index (χ0) is 13.9. The van der Waals surface area contributed by atoms with Gasteiger partial charge in [-0.15, -0.1) is 0 Å². The van der Waals surface area contributed by atoms with Crippen molar-refractivity contribution in [2.24, 2.45) is 0 Å². The molecule has 0 radical (unpaired) electrons. The van der Waals surface area contributed by atoms with E-state index in [2.05, 4.69) is 0 Å². The summed E-state index contributed by atoms with van der Waals surface area (Å²) in [6, 6.07) is 3.01. The van der Waals surface area contributed by atoms with Crippen molar-refractivity contribution in [3.05, 3.63) is 34.3 Å². The van der Waals surface area contributed by atoms with Gasteiger partial charge in [0.1, 0.15) is 0 Å². The van der Waals surface area contributed by atoms with Gasteiger partial charge >= 0.3 is 18.1 Å². The number of carboxylic acids is 1. The summed E-state index contributed by atoms with van der Waals surface area (Å²) < 4.78 is 37.9. The highest BCUT2D eigenvalue weighted by molar-refractivity contribution is 6.31. The van der Waals surface area contributed by atoms with E-state index < -0.39 is 30.2 Å². The highest BCUT2D eigenvalue weighted by atomic mass is 35.5.